The van der Waals surface area contributed by atoms with Crippen LogP contribution in [0.5, 0.6) is 0 Å². The topological polar surface area (TPSA) is 18.1 Å². The van der Waals surface area contributed by atoms with Gasteiger partial charge in [-0.15, -0.1) is 0 Å². The molecule has 2 aromatic heterocycles. The molecule has 2 aliphatic rings. The maximum Gasteiger partial charge on any atom is 0.136 e. The lowest BCUT2D eigenvalue weighted by molar-refractivity contribution is 0.353. The van der Waals surface area contributed by atoms with Gasteiger partial charge in [0.25, 0.3) is 0 Å². The van der Waals surface area contributed by atoms with Crippen molar-refractivity contribution in [2.75, 3.05) is 0 Å². The molecule has 0 amide bonds. The van der Waals surface area contributed by atoms with Crippen LogP contribution in [0.2, 0.25) is 0 Å². The molecule has 0 aliphatic heterocycles. The maximum atomic E-state index is 6.54. The smallest absolute Gasteiger partial charge is 0.136 e. The molecular weight excluding hydrogens is 534 g/mol. The third kappa shape index (κ3) is 3.26. The molecule has 1 fully saturated rings. The minimum absolute atomic E-state index is 0.134. The Bertz CT molecular complexity index is 2420. The summed E-state index contributed by atoms with van der Waals surface area (Å²) in [5.74, 6) is 0. The summed E-state index contributed by atoms with van der Waals surface area (Å²) in [7, 11) is 0. The Balaban J connectivity index is 1.18. The summed E-state index contributed by atoms with van der Waals surface area (Å²) in [6.45, 7) is 0. The normalized spacial score (nSPS) is 15.5. The van der Waals surface area contributed by atoms with Crippen LogP contribution in [0.1, 0.15) is 43.2 Å². The average molecular weight is 566 g/mol. The third-order valence-corrected chi connectivity index (χ3v) is 10.6. The van der Waals surface area contributed by atoms with E-state index in [1.54, 1.807) is 0 Å². The zero-order valence-corrected chi connectivity index (χ0v) is 24.5. The molecule has 0 bridgehead atoms. The lowest BCUT2D eigenvalue weighted by Gasteiger charge is -2.35. The zero-order valence-electron chi connectivity index (χ0n) is 24.5. The van der Waals surface area contributed by atoms with Gasteiger partial charge in [0.05, 0.1) is 11.0 Å². The fourth-order valence-corrected chi connectivity index (χ4v) is 8.60. The first-order valence-electron chi connectivity index (χ1n) is 16.0. The zero-order chi connectivity index (χ0) is 28.8. The number of benzene rings is 6. The van der Waals surface area contributed by atoms with Crippen LogP contribution >= 0.6 is 0 Å². The second-order valence-electron chi connectivity index (χ2n) is 12.8. The molecule has 0 saturated heterocycles. The summed E-state index contributed by atoms with van der Waals surface area (Å²) in [6.07, 6.45) is 6.40. The Hall–Kier alpha value is -5.08. The van der Waals surface area contributed by atoms with E-state index in [-0.39, 0.29) is 5.41 Å². The van der Waals surface area contributed by atoms with Crippen molar-refractivity contribution in [1.82, 2.24) is 4.57 Å². The number of hydrogen-bond donors (Lipinski definition) is 0. The van der Waals surface area contributed by atoms with Crippen molar-refractivity contribution in [2.45, 2.75) is 37.5 Å². The third-order valence-electron chi connectivity index (χ3n) is 10.6. The van der Waals surface area contributed by atoms with Gasteiger partial charge in [0.1, 0.15) is 11.2 Å². The molecule has 2 heterocycles. The van der Waals surface area contributed by atoms with Gasteiger partial charge in [-0.1, -0.05) is 98.1 Å². The number of fused-ring (bicyclic) bond motifs is 11. The largest absolute Gasteiger partial charge is 0.456 e. The van der Waals surface area contributed by atoms with E-state index in [4.69, 9.17) is 4.42 Å². The Morgan fingerprint density at radius 3 is 2.11 bits per heavy atom. The molecule has 8 aromatic rings. The molecule has 0 atom stereocenters. The number of nitrogens with zero attached hydrogens (tertiary/aromatic N) is 1. The fraction of sp³-hybridized carbons (Fsp3) is 0.143. The minimum Gasteiger partial charge on any atom is -0.456 e. The van der Waals surface area contributed by atoms with Crippen LogP contribution in [0.3, 0.4) is 0 Å². The number of hydrogen-bond acceptors (Lipinski definition) is 1. The van der Waals surface area contributed by atoms with Gasteiger partial charge in [0, 0.05) is 32.6 Å². The highest BCUT2D eigenvalue weighted by atomic mass is 16.3. The van der Waals surface area contributed by atoms with Crippen LogP contribution in [0.4, 0.5) is 0 Å². The van der Waals surface area contributed by atoms with Crippen LogP contribution in [0, 0.1) is 0 Å². The molecule has 2 aliphatic carbocycles. The van der Waals surface area contributed by atoms with Crippen LogP contribution in [-0.4, -0.2) is 4.57 Å². The lowest BCUT2D eigenvalue weighted by atomic mass is 9.68. The average Bonchev–Trinajstić information content (AvgIpc) is 3.70. The van der Waals surface area contributed by atoms with E-state index in [1.165, 1.54) is 104 Å². The van der Waals surface area contributed by atoms with E-state index in [0.717, 1.165) is 11.2 Å². The van der Waals surface area contributed by atoms with E-state index < -0.39 is 0 Å². The molecule has 2 nitrogen and oxygen atoms in total. The maximum absolute atomic E-state index is 6.54. The SMILES string of the molecule is c1ccc(-n2c3ccccc3c3ccc(-c4ccc5oc6cc7c(cc6c5c4)C4(CCCCC4)c4ccccc4-7)cc32)cc1. The van der Waals surface area contributed by atoms with Gasteiger partial charge in [-0.2, -0.15) is 0 Å². The van der Waals surface area contributed by atoms with E-state index >= 15 is 0 Å². The van der Waals surface area contributed by atoms with E-state index in [1.807, 2.05) is 0 Å². The Morgan fingerprint density at radius 1 is 0.477 bits per heavy atom. The molecule has 1 saturated carbocycles. The van der Waals surface area contributed by atoms with Crippen molar-refractivity contribution in [1.29, 1.82) is 0 Å². The summed E-state index contributed by atoms with van der Waals surface area (Å²) in [4.78, 5) is 0. The van der Waals surface area contributed by atoms with Crippen LogP contribution < -0.4 is 0 Å². The monoisotopic (exact) mass is 565 g/mol. The van der Waals surface area contributed by atoms with Gasteiger partial charge >= 0.3 is 0 Å². The summed E-state index contributed by atoms with van der Waals surface area (Å²) in [6, 6.07) is 47.0. The summed E-state index contributed by atoms with van der Waals surface area (Å²) < 4.78 is 8.94. The van der Waals surface area contributed by atoms with E-state index in [2.05, 4.69) is 132 Å². The Morgan fingerprint density at radius 2 is 1.20 bits per heavy atom. The summed E-state index contributed by atoms with van der Waals surface area (Å²) in [5.41, 5.74) is 13.9. The molecule has 0 N–H and O–H groups in total. The van der Waals surface area contributed by atoms with Crippen molar-refractivity contribution in [3.05, 3.63) is 139 Å². The number of para-hydroxylation sites is 2. The lowest BCUT2D eigenvalue weighted by Crippen LogP contribution is -2.27. The molecule has 2 heteroatoms. The molecular formula is C42H31NO. The molecule has 1 spiro atoms. The van der Waals surface area contributed by atoms with Gasteiger partial charge in [0.15, 0.2) is 0 Å². The van der Waals surface area contributed by atoms with Gasteiger partial charge in [-0.25, -0.2) is 0 Å². The first-order chi connectivity index (χ1) is 21.8. The molecule has 0 radical (unpaired) electrons. The standard InChI is InChI=1S/C42H31NO/c1-3-11-29(12-4-1)43-38-16-8-6-14-31(38)32-19-17-28(24-39(32)43)27-18-20-40-34(23-27)35-25-37-33(26-41(35)44-40)30-13-5-7-15-36(30)42(37)21-9-2-10-22-42/h1,3-8,11-20,23-26H,2,9-10,21-22H2. The molecule has 10 rings (SSSR count). The van der Waals surface area contributed by atoms with Crippen LogP contribution in [0.15, 0.2) is 132 Å². The van der Waals surface area contributed by atoms with Crippen molar-refractivity contribution in [3.63, 3.8) is 0 Å². The van der Waals surface area contributed by atoms with E-state index in [0.29, 0.717) is 0 Å². The second-order valence-corrected chi connectivity index (χ2v) is 12.8. The van der Waals surface area contributed by atoms with Gasteiger partial charge in [-0.05, 0) is 94.8 Å². The van der Waals surface area contributed by atoms with Crippen LogP contribution in [-0.2, 0) is 5.41 Å². The first-order valence-corrected chi connectivity index (χ1v) is 16.0. The second kappa shape index (κ2) is 8.97. The summed E-state index contributed by atoms with van der Waals surface area (Å²) >= 11 is 0. The summed E-state index contributed by atoms with van der Waals surface area (Å²) in [5, 5.41) is 4.99. The predicted octanol–water partition coefficient (Wildman–Crippen LogP) is 11.6. The van der Waals surface area contributed by atoms with Crippen molar-refractivity contribution >= 4 is 43.7 Å². The fourth-order valence-electron chi connectivity index (χ4n) is 8.60. The number of aromatic nitrogens is 1. The molecule has 210 valence electrons. The molecule has 0 unspecified atom stereocenters. The number of rotatable bonds is 2. The Labute approximate surface area is 256 Å². The highest BCUT2D eigenvalue weighted by molar-refractivity contribution is 6.11. The van der Waals surface area contributed by atoms with Crippen molar-refractivity contribution in [2.24, 2.45) is 0 Å². The quantitative estimate of drug-likeness (QED) is 0.204. The van der Waals surface area contributed by atoms with E-state index in [9.17, 15) is 0 Å². The van der Waals surface area contributed by atoms with Crippen molar-refractivity contribution in [3.8, 4) is 27.9 Å². The minimum atomic E-state index is 0.134. The first kappa shape index (κ1) is 24.4. The molecule has 44 heavy (non-hydrogen) atoms. The van der Waals surface area contributed by atoms with Gasteiger partial charge in [-0.3, -0.25) is 0 Å². The number of furan rings is 1. The van der Waals surface area contributed by atoms with Gasteiger partial charge in [0.2, 0.25) is 0 Å². The predicted molar refractivity (Wildman–Crippen MR) is 183 cm³/mol. The Kier molecular flexibility index (Phi) is 4.97. The molecule has 6 aromatic carbocycles. The van der Waals surface area contributed by atoms with Crippen molar-refractivity contribution < 1.29 is 4.42 Å². The van der Waals surface area contributed by atoms with Crippen LogP contribution in [0.25, 0.3) is 71.7 Å². The van der Waals surface area contributed by atoms with Gasteiger partial charge < -0.3 is 8.98 Å². The highest BCUT2D eigenvalue weighted by Crippen LogP contribution is 2.57. The highest BCUT2D eigenvalue weighted by Gasteiger charge is 2.44.